The summed E-state index contributed by atoms with van der Waals surface area (Å²) in [7, 11) is 2.62. The Morgan fingerprint density at radius 2 is 1.48 bits per heavy atom. The molecule has 15 heteroatoms. The standard InChI is InChI=1S/C16H16Cl6N2O7/c1-8(25)10-4-9(28-2)5-11(29-3)12(10)24(14(27)31-7-16(20,21)22)23-13(26)30-6-15(17,18)19/h4-5H,6-7H2,1-3H3,(H,23,26). The first-order valence-electron chi connectivity index (χ1n) is 7.99. The molecule has 0 fully saturated rings. The van der Waals surface area contributed by atoms with Crippen molar-refractivity contribution in [1.29, 1.82) is 0 Å². The van der Waals surface area contributed by atoms with Gasteiger partial charge >= 0.3 is 12.2 Å². The third kappa shape index (κ3) is 9.43. The number of nitrogens with zero attached hydrogens (tertiary/aromatic N) is 1. The van der Waals surface area contributed by atoms with E-state index in [9.17, 15) is 14.4 Å². The number of hydrogen-bond donors (Lipinski definition) is 1. The van der Waals surface area contributed by atoms with Gasteiger partial charge in [0.05, 0.1) is 19.8 Å². The lowest BCUT2D eigenvalue weighted by Gasteiger charge is -2.27. The highest BCUT2D eigenvalue weighted by molar-refractivity contribution is 6.68. The minimum absolute atomic E-state index is 0.0444. The number of rotatable bonds is 6. The Hall–Kier alpha value is -1.23. The Bertz CT molecular complexity index is 826. The Balaban J connectivity index is 3.43. The fraction of sp³-hybridized carbons (Fsp3) is 0.438. The molecule has 0 saturated carbocycles. The minimum atomic E-state index is -1.95. The van der Waals surface area contributed by atoms with E-state index in [0.29, 0.717) is 5.01 Å². The zero-order valence-electron chi connectivity index (χ0n) is 16.1. The van der Waals surface area contributed by atoms with Crippen LogP contribution in [0.1, 0.15) is 17.3 Å². The SMILES string of the molecule is COc1cc(OC)c(N(NC(=O)OCC(Cl)(Cl)Cl)C(=O)OCC(Cl)(Cl)Cl)c(C(C)=O)c1. The van der Waals surface area contributed by atoms with Gasteiger partial charge in [-0.2, -0.15) is 5.01 Å². The molecule has 0 unspecified atom stereocenters. The van der Waals surface area contributed by atoms with Crippen LogP contribution in [0.15, 0.2) is 12.1 Å². The molecule has 0 aliphatic heterocycles. The molecule has 0 aliphatic carbocycles. The number of Topliss-reactive ketones (excluding diaryl/α,β-unsaturated/α-hetero) is 1. The summed E-state index contributed by atoms with van der Waals surface area (Å²) in [5, 5.41) is 0.520. The highest BCUT2D eigenvalue weighted by Crippen LogP contribution is 2.37. The van der Waals surface area contributed by atoms with Crippen molar-refractivity contribution in [3.63, 3.8) is 0 Å². The summed E-state index contributed by atoms with van der Waals surface area (Å²) in [6.45, 7) is -0.130. The number of ether oxygens (including phenoxy) is 4. The molecule has 0 spiro atoms. The Kier molecular flexibility index (Phi) is 10.4. The van der Waals surface area contributed by atoms with Crippen LogP contribution in [0.25, 0.3) is 0 Å². The maximum absolute atomic E-state index is 12.7. The third-order valence-electron chi connectivity index (χ3n) is 3.22. The van der Waals surface area contributed by atoms with Crippen molar-refractivity contribution in [2.75, 3.05) is 32.4 Å². The molecular formula is C16H16Cl6N2O7. The largest absolute Gasteiger partial charge is 0.497 e. The number of benzene rings is 1. The number of hydrogen-bond acceptors (Lipinski definition) is 7. The van der Waals surface area contributed by atoms with E-state index in [4.69, 9.17) is 88.6 Å². The fourth-order valence-electron chi connectivity index (χ4n) is 2.03. The second-order valence-electron chi connectivity index (χ2n) is 5.59. The average Bonchev–Trinajstić information content (AvgIpc) is 2.66. The van der Waals surface area contributed by atoms with Crippen molar-refractivity contribution < 1.29 is 33.3 Å². The molecule has 1 N–H and O–H groups in total. The molecule has 9 nitrogen and oxygen atoms in total. The van der Waals surface area contributed by atoms with E-state index >= 15 is 0 Å². The number of halogens is 6. The minimum Gasteiger partial charge on any atom is -0.497 e. The molecule has 0 radical (unpaired) electrons. The van der Waals surface area contributed by atoms with Crippen LogP contribution in [-0.2, 0) is 9.47 Å². The zero-order valence-corrected chi connectivity index (χ0v) is 20.7. The Morgan fingerprint density at radius 1 is 0.935 bits per heavy atom. The first-order chi connectivity index (χ1) is 14.2. The molecule has 0 atom stereocenters. The Morgan fingerprint density at radius 3 is 1.94 bits per heavy atom. The molecular weight excluding hydrogens is 545 g/mol. The second-order valence-corrected chi connectivity index (χ2v) is 10.6. The smallest absolute Gasteiger partial charge is 0.433 e. The van der Waals surface area contributed by atoms with E-state index < -0.39 is 38.8 Å². The van der Waals surface area contributed by atoms with Crippen molar-refractivity contribution >= 4 is 93.3 Å². The molecule has 31 heavy (non-hydrogen) atoms. The summed E-state index contributed by atoms with van der Waals surface area (Å²) < 4.78 is 16.1. The molecule has 1 aromatic carbocycles. The van der Waals surface area contributed by atoms with Crippen LogP contribution < -0.4 is 19.9 Å². The number of anilines is 1. The summed E-state index contributed by atoms with van der Waals surface area (Å²) in [5.41, 5.74) is 1.78. The molecule has 2 amide bonds. The number of alkyl halides is 6. The number of hydrazine groups is 1. The van der Waals surface area contributed by atoms with Crippen LogP contribution >= 0.6 is 69.6 Å². The first kappa shape index (κ1) is 27.8. The van der Waals surface area contributed by atoms with Gasteiger partial charge in [0.15, 0.2) is 5.78 Å². The average molecular weight is 561 g/mol. The van der Waals surface area contributed by atoms with Gasteiger partial charge in [0.2, 0.25) is 7.59 Å². The summed E-state index contributed by atoms with van der Waals surface area (Å²) in [6.07, 6.45) is -2.48. The van der Waals surface area contributed by atoms with Crippen LogP contribution in [0.5, 0.6) is 11.5 Å². The van der Waals surface area contributed by atoms with Gasteiger partial charge in [0.25, 0.3) is 0 Å². The molecule has 0 saturated heterocycles. The number of carbonyl (C=O) groups is 3. The Labute approximate surface area is 207 Å². The molecule has 0 aliphatic rings. The van der Waals surface area contributed by atoms with Crippen molar-refractivity contribution in [2.24, 2.45) is 0 Å². The normalized spacial score (nSPS) is 11.4. The summed E-state index contributed by atoms with van der Waals surface area (Å²) in [4.78, 5) is 37.1. The van der Waals surface area contributed by atoms with Gasteiger partial charge in [0, 0.05) is 6.07 Å². The van der Waals surface area contributed by atoms with E-state index in [1.165, 1.54) is 33.3 Å². The van der Waals surface area contributed by atoms with Crippen molar-refractivity contribution in [3.05, 3.63) is 17.7 Å². The highest BCUT2D eigenvalue weighted by Gasteiger charge is 2.32. The number of nitrogens with one attached hydrogen (secondary N) is 1. The molecule has 1 aromatic rings. The third-order valence-corrected chi connectivity index (χ3v) is 3.87. The zero-order chi connectivity index (χ0) is 24.0. The van der Waals surface area contributed by atoms with Gasteiger partial charge in [-0.15, -0.1) is 0 Å². The molecule has 0 heterocycles. The van der Waals surface area contributed by atoms with Gasteiger partial charge in [0.1, 0.15) is 30.4 Å². The van der Waals surface area contributed by atoms with E-state index in [-0.39, 0.29) is 22.7 Å². The molecule has 0 aromatic heterocycles. The fourth-order valence-corrected chi connectivity index (χ4v) is 2.35. The van der Waals surface area contributed by atoms with Crippen LogP contribution in [0.2, 0.25) is 0 Å². The highest BCUT2D eigenvalue weighted by atomic mass is 35.6. The lowest BCUT2D eigenvalue weighted by molar-refractivity contribution is 0.101. The predicted octanol–water partition coefficient (Wildman–Crippen LogP) is 5.23. The van der Waals surface area contributed by atoms with E-state index in [1.807, 2.05) is 0 Å². The molecule has 1 rings (SSSR count). The van der Waals surface area contributed by atoms with Gasteiger partial charge in [-0.25, -0.2) is 15.0 Å². The molecule has 174 valence electrons. The quantitative estimate of drug-likeness (QED) is 0.288. The lowest BCUT2D eigenvalue weighted by atomic mass is 10.1. The van der Waals surface area contributed by atoms with Gasteiger partial charge in [-0.05, 0) is 13.0 Å². The predicted molar refractivity (Wildman–Crippen MR) is 118 cm³/mol. The maximum Gasteiger partial charge on any atom is 0.433 e. The lowest BCUT2D eigenvalue weighted by Crippen LogP contribution is -2.48. The summed E-state index contributed by atoms with van der Waals surface area (Å²) >= 11 is 33.4. The van der Waals surface area contributed by atoms with Crippen molar-refractivity contribution in [3.8, 4) is 11.5 Å². The topological polar surface area (TPSA) is 103 Å². The number of carbonyl (C=O) groups excluding carboxylic acids is 3. The first-order valence-corrected chi connectivity index (χ1v) is 10.3. The van der Waals surface area contributed by atoms with E-state index in [1.54, 1.807) is 0 Å². The van der Waals surface area contributed by atoms with E-state index in [0.717, 1.165) is 0 Å². The van der Waals surface area contributed by atoms with Crippen LogP contribution in [0.4, 0.5) is 15.3 Å². The van der Waals surface area contributed by atoms with Gasteiger partial charge < -0.3 is 18.9 Å². The molecule has 0 bridgehead atoms. The van der Waals surface area contributed by atoms with Crippen LogP contribution in [-0.4, -0.2) is 53.0 Å². The number of methoxy groups -OCH3 is 2. The summed E-state index contributed by atoms with van der Waals surface area (Å²) in [5.74, 6) is -0.320. The van der Waals surface area contributed by atoms with E-state index in [2.05, 4.69) is 5.43 Å². The number of amides is 2. The van der Waals surface area contributed by atoms with Crippen LogP contribution in [0, 0.1) is 0 Å². The van der Waals surface area contributed by atoms with Crippen molar-refractivity contribution in [1.82, 2.24) is 5.43 Å². The number of ketones is 1. The summed E-state index contributed by atoms with van der Waals surface area (Å²) in [6, 6.07) is 2.66. The van der Waals surface area contributed by atoms with Gasteiger partial charge in [-0.1, -0.05) is 69.6 Å². The monoisotopic (exact) mass is 558 g/mol. The maximum atomic E-state index is 12.7. The second kappa shape index (κ2) is 11.6. The van der Waals surface area contributed by atoms with Gasteiger partial charge in [-0.3, -0.25) is 4.79 Å². The van der Waals surface area contributed by atoms with Crippen LogP contribution in [0.3, 0.4) is 0 Å². The van der Waals surface area contributed by atoms with Crippen molar-refractivity contribution in [2.45, 2.75) is 14.5 Å².